The van der Waals surface area contributed by atoms with Gasteiger partial charge in [-0.1, -0.05) is 0 Å². The van der Waals surface area contributed by atoms with Crippen molar-refractivity contribution < 1.29 is 9.90 Å². The molecule has 0 saturated heterocycles. The van der Waals surface area contributed by atoms with Gasteiger partial charge in [0.05, 0.1) is 10.6 Å². The predicted molar refractivity (Wildman–Crippen MR) is 58.9 cm³/mol. The molecule has 4 nitrogen and oxygen atoms in total. The van der Waals surface area contributed by atoms with Gasteiger partial charge in [-0.25, -0.2) is 4.79 Å². The maximum atomic E-state index is 10.7. The number of hydrogen-bond donors (Lipinski definition) is 2. The average Bonchev–Trinajstić information content (AvgIpc) is 2.66. The Bertz CT molecular complexity index is 508. The van der Waals surface area contributed by atoms with Crippen LogP contribution in [-0.2, 0) is 0 Å². The van der Waals surface area contributed by atoms with Gasteiger partial charge in [-0.15, -0.1) is 11.3 Å². The number of anilines is 1. The summed E-state index contributed by atoms with van der Waals surface area (Å²) in [5, 5.41) is 8.76. The van der Waals surface area contributed by atoms with Crippen LogP contribution in [0.25, 0.3) is 10.6 Å². The Morgan fingerprint density at radius 1 is 1.40 bits per heavy atom. The molecule has 0 amide bonds. The highest BCUT2D eigenvalue weighted by molar-refractivity contribution is 7.17. The van der Waals surface area contributed by atoms with Crippen LogP contribution in [0, 0.1) is 0 Å². The minimum atomic E-state index is -0.921. The van der Waals surface area contributed by atoms with Crippen LogP contribution in [0.2, 0.25) is 0 Å². The minimum Gasteiger partial charge on any atom is -0.477 e. The maximum absolute atomic E-state index is 10.7. The SMILES string of the molecule is Nc1ccnc(-c2ccc(C(=O)O)s2)c1. The van der Waals surface area contributed by atoms with Crippen molar-refractivity contribution in [3.8, 4) is 10.6 Å². The first-order chi connectivity index (χ1) is 7.16. The van der Waals surface area contributed by atoms with Crippen molar-refractivity contribution in [2.75, 3.05) is 5.73 Å². The Hall–Kier alpha value is -1.88. The summed E-state index contributed by atoms with van der Waals surface area (Å²) in [5.74, 6) is -0.921. The molecule has 0 aliphatic rings. The van der Waals surface area contributed by atoms with Gasteiger partial charge in [-0.2, -0.15) is 0 Å². The zero-order valence-corrected chi connectivity index (χ0v) is 8.49. The van der Waals surface area contributed by atoms with E-state index in [4.69, 9.17) is 10.8 Å². The van der Waals surface area contributed by atoms with Crippen LogP contribution < -0.4 is 5.73 Å². The molecule has 0 unspecified atom stereocenters. The lowest BCUT2D eigenvalue weighted by Gasteiger charge is -1.96. The number of hydrogen-bond acceptors (Lipinski definition) is 4. The number of pyridine rings is 1. The fourth-order valence-corrected chi connectivity index (χ4v) is 1.98. The van der Waals surface area contributed by atoms with Crippen molar-refractivity contribution in [3.05, 3.63) is 35.3 Å². The summed E-state index contributed by atoms with van der Waals surface area (Å²) >= 11 is 1.19. The number of carboxylic acids is 1. The molecular weight excluding hydrogens is 212 g/mol. The first-order valence-corrected chi connectivity index (χ1v) is 5.03. The number of carboxylic acid groups (broad SMARTS) is 1. The van der Waals surface area contributed by atoms with Gasteiger partial charge in [0, 0.05) is 11.9 Å². The average molecular weight is 220 g/mol. The summed E-state index contributed by atoms with van der Waals surface area (Å²) < 4.78 is 0. The molecule has 0 fully saturated rings. The second kappa shape index (κ2) is 3.70. The molecule has 0 spiro atoms. The van der Waals surface area contributed by atoms with Crippen LogP contribution in [0.1, 0.15) is 9.67 Å². The Balaban J connectivity index is 2.41. The number of nitrogen functional groups attached to an aromatic ring is 1. The molecule has 5 heteroatoms. The van der Waals surface area contributed by atoms with Gasteiger partial charge in [0.1, 0.15) is 4.88 Å². The zero-order chi connectivity index (χ0) is 10.8. The standard InChI is InChI=1S/C10H8N2O2S/c11-6-3-4-12-7(5-6)8-1-2-9(15-8)10(13)14/h1-5H,(H2,11,12)(H,13,14). The fourth-order valence-electron chi connectivity index (χ4n) is 1.17. The number of nitrogens with zero attached hydrogens (tertiary/aromatic N) is 1. The third-order valence-electron chi connectivity index (χ3n) is 1.85. The molecule has 0 radical (unpaired) electrons. The van der Waals surface area contributed by atoms with Gasteiger partial charge in [0.2, 0.25) is 0 Å². The van der Waals surface area contributed by atoms with Crippen molar-refractivity contribution in [1.82, 2.24) is 4.98 Å². The summed E-state index contributed by atoms with van der Waals surface area (Å²) in [6.07, 6.45) is 1.60. The highest BCUT2D eigenvalue weighted by Gasteiger charge is 2.08. The van der Waals surface area contributed by atoms with Crippen LogP contribution in [-0.4, -0.2) is 16.1 Å². The molecule has 0 atom stereocenters. The van der Waals surface area contributed by atoms with E-state index in [1.165, 1.54) is 11.3 Å². The second-order valence-corrected chi connectivity index (χ2v) is 4.03. The lowest BCUT2D eigenvalue weighted by atomic mass is 10.3. The molecule has 0 bridgehead atoms. The van der Waals surface area contributed by atoms with Crippen molar-refractivity contribution in [3.63, 3.8) is 0 Å². The van der Waals surface area contributed by atoms with E-state index in [0.717, 1.165) is 4.88 Å². The van der Waals surface area contributed by atoms with Gasteiger partial charge in [-0.3, -0.25) is 4.98 Å². The second-order valence-electron chi connectivity index (χ2n) is 2.94. The van der Waals surface area contributed by atoms with E-state index >= 15 is 0 Å². The summed E-state index contributed by atoms with van der Waals surface area (Å²) in [5.41, 5.74) is 6.93. The molecule has 15 heavy (non-hydrogen) atoms. The predicted octanol–water partition coefficient (Wildman–Crippen LogP) is 2.09. The van der Waals surface area contributed by atoms with Crippen LogP contribution >= 0.6 is 11.3 Å². The van der Waals surface area contributed by atoms with Crippen molar-refractivity contribution in [2.24, 2.45) is 0 Å². The van der Waals surface area contributed by atoms with Gasteiger partial charge in [-0.05, 0) is 24.3 Å². The van der Waals surface area contributed by atoms with E-state index in [2.05, 4.69) is 4.98 Å². The van der Waals surface area contributed by atoms with E-state index in [0.29, 0.717) is 16.3 Å². The fraction of sp³-hybridized carbons (Fsp3) is 0. The van der Waals surface area contributed by atoms with Crippen molar-refractivity contribution in [1.29, 1.82) is 0 Å². The van der Waals surface area contributed by atoms with Crippen LogP contribution in [0.5, 0.6) is 0 Å². The van der Waals surface area contributed by atoms with Gasteiger partial charge >= 0.3 is 5.97 Å². The molecule has 2 heterocycles. The highest BCUT2D eigenvalue weighted by Crippen LogP contribution is 2.27. The summed E-state index contributed by atoms with van der Waals surface area (Å²) in [7, 11) is 0. The van der Waals surface area contributed by atoms with E-state index in [1.807, 2.05) is 0 Å². The van der Waals surface area contributed by atoms with Crippen LogP contribution in [0.4, 0.5) is 5.69 Å². The molecule has 76 valence electrons. The number of aromatic nitrogens is 1. The summed E-state index contributed by atoms with van der Waals surface area (Å²) in [6, 6.07) is 6.70. The lowest BCUT2D eigenvalue weighted by molar-refractivity contribution is 0.0702. The Morgan fingerprint density at radius 2 is 2.20 bits per heavy atom. The monoisotopic (exact) mass is 220 g/mol. The Morgan fingerprint density at radius 3 is 2.80 bits per heavy atom. The number of rotatable bonds is 2. The van der Waals surface area contributed by atoms with Crippen molar-refractivity contribution >= 4 is 23.0 Å². The van der Waals surface area contributed by atoms with Gasteiger partial charge in [0.25, 0.3) is 0 Å². The van der Waals surface area contributed by atoms with Crippen LogP contribution in [0.15, 0.2) is 30.5 Å². The summed E-state index contributed by atoms with van der Waals surface area (Å²) in [4.78, 5) is 15.9. The van der Waals surface area contributed by atoms with E-state index in [1.54, 1.807) is 30.5 Å². The van der Waals surface area contributed by atoms with E-state index in [9.17, 15) is 4.79 Å². The quantitative estimate of drug-likeness (QED) is 0.812. The number of carbonyl (C=O) groups is 1. The number of nitrogens with two attached hydrogens (primary N) is 1. The Labute approximate surface area is 90.0 Å². The number of aromatic carboxylic acids is 1. The maximum Gasteiger partial charge on any atom is 0.345 e. The molecule has 0 aliphatic heterocycles. The Kier molecular flexibility index (Phi) is 2.39. The topological polar surface area (TPSA) is 76.2 Å². The third kappa shape index (κ3) is 1.97. The highest BCUT2D eigenvalue weighted by atomic mass is 32.1. The molecule has 0 aliphatic carbocycles. The van der Waals surface area contributed by atoms with Crippen LogP contribution in [0.3, 0.4) is 0 Å². The smallest absolute Gasteiger partial charge is 0.345 e. The zero-order valence-electron chi connectivity index (χ0n) is 7.68. The molecular formula is C10H8N2O2S. The van der Waals surface area contributed by atoms with E-state index in [-0.39, 0.29) is 0 Å². The molecule has 2 aromatic rings. The van der Waals surface area contributed by atoms with Gasteiger partial charge < -0.3 is 10.8 Å². The molecule has 3 N–H and O–H groups in total. The molecule has 2 aromatic heterocycles. The molecule has 0 aromatic carbocycles. The first-order valence-electron chi connectivity index (χ1n) is 4.22. The minimum absolute atomic E-state index is 0.300. The lowest BCUT2D eigenvalue weighted by Crippen LogP contribution is -1.89. The molecule has 2 rings (SSSR count). The van der Waals surface area contributed by atoms with Gasteiger partial charge in [0.15, 0.2) is 0 Å². The number of thiophene rings is 1. The van der Waals surface area contributed by atoms with Crippen molar-refractivity contribution in [2.45, 2.75) is 0 Å². The largest absolute Gasteiger partial charge is 0.477 e. The summed E-state index contributed by atoms with van der Waals surface area (Å²) in [6.45, 7) is 0. The molecule has 0 saturated carbocycles. The normalized spacial score (nSPS) is 10.1. The first kappa shape index (κ1) is 9.67. The third-order valence-corrected chi connectivity index (χ3v) is 2.95. The van der Waals surface area contributed by atoms with E-state index < -0.39 is 5.97 Å².